The van der Waals surface area contributed by atoms with Crippen molar-refractivity contribution in [1.82, 2.24) is 0 Å². The number of esters is 1. The van der Waals surface area contributed by atoms with Crippen LogP contribution in [0.1, 0.15) is 12.5 Å². The molecule has 14 heavy (non-hydrogen) atoms. The first-order valence-corrected chi connectivity index (χ1v) is 4.27. The highest BCUT2D eigenvalue weighted by atomic mass is 19.1. The number of phenols is 1. The number of rotatable bonds is 3. The van der Waals surface area contributed by atoms with Crippen LogP contribution in [0.3, 0.4) is 0 Å². The second-order valence-electron chi connectivity index (χ2n) is 2.72. The number of ether oxygens (including phenoxy) is 1. The molecule has 1 N–H and O–H groups in total. The third-order valence-electron chi connectivity index (χ3n) is 1.72. The molecule has 0 unspecified atom stereocenters. The lowest BCUT2D eigenvalue weighted by atomic mass is 10.1. The zero-order valence-electron chi connectivity index (χ0n) is 7.79. The first kappa shape index (κ1) is 10.5. The Morgan fingerprint density at radius 2 is 2.29 bits per heavy atom. The van der Waals surface area contributed by atoms with Gasteiger partial charge in [0, 0.05) is 5.56 Å². The Bertz CT molecular complexity index is 316. The van der Waals surface area contributed by atoms with Gasteiger partial charge in [0.2, 0.25) is 0 Å². The van der Waals surface area contributed by atoms with Gasteiger partial charge in [0.25, 0.3) is 0 Å². The zero-order valence-corrected chi connectivity index (χ0v) is 7.79. The first-order valence-electron chi connectivity index (χ1n) is 4.27. The van der Waals surface area contributed by atoms with Gasteiger partial charge in [0.1, 0.15) is 11.6 Å². The van der Waals surface area contributed by atoms with Crippen LogP contribution >= 0.6 is 0 Å². The number of benzene rings is 1. The topological polar surface area (TPSA) is 46.5 Å². The molecule has 1 rings (SSSR count). The minimum Gasteiger partial charge on any atom is -0.508 e. The van der Waals surface area contributed by atoms with Gasteiger partial charge in [-0.25, -0.2) is 4.39 Å². The number of aromatic hydroxyl groups is 1. The summed E-state index contributed by atoms with van der Waals surface area (Å²) < 4.78 is 17.7. The molecule has 0 heterocycles. The Morgan fingerprint density at radius 1 is 1.57 bits per heavy atom. The predicted octanol–water partition coefficient (Wildman–Crippen LogP) is 1.64. The number of hydrogen-bond acceptors (Lipinski definition) is 3. The van der Waals surface area contributed by atoms with Gasteiger partial charge in [0.15, 0.2) is 0 Å². The molecule has 0 radical (unpaired) electrons. The van der Waals surface area contributed by atoms with E-state index in [0.717, 1.165) is 0 Å². The quantitative estimate of drug-likeness (QED) is 0.751. The van der Waals surface area contributed by atoms with Gasteiger partial charge in [-0.3, -0.25) is 4.79 Å². The lowest BCUT2D eigenvalue weighted by Crippen LogP contribution is -2.08. The molecule has 0 saturated heterocycles. The molecular formula is C10H11FO3. The van der Waals surface area contributed by atoms with E-state index in [4.69, 9.17) is 0 Å². The van der Waals surface area contributed by atoms with E-state index in [1.54, 1.807) is 6.92 Å². The molecule has 0 amide bonds. The Balaban J connectivity index is 2.80. The van der Waals surface area contributed by atoms with Crippen molar-refractivity contribution < 1.29 is 19.0 Å². The third kappa shape index (κ3) is 2.45. The summed E-state index contributed by atoms with van der Waals surface area (Å²) in [6.07, 6.45) is -0.244. The molecule has 4 heteroatoms. The maximum Gasteiger partial charge on any atom is 0.310 e. The summed E-state index contributed by atoms with van der Waals surface area (Å²) in [5, 5.41) is 9.26. The third-order valence-corrected chi connectivity index (χ3v) is 1.72. The average molecular weight is 198 g/mol. The van der Waals surface area contributed by atoms with Crippen LogP contribution in [-0.2, 0) is 16.0 Å². The summed E-state index contributed by atoms with van der Waals surface area (Å²) in [5.41, 5.74) is -0.0223. The molecule has 0 aliphatic carbocycles. The van der Waals surface area contributed by atoms with Gasteiger partial charge in [-0.2, -0.15) is 0 Å². The summed E-state index contributed by atoms with van der Waals surface area (Å²) in [6, 6.07) is 3.89. The van der Waals surface area contributed by atoms with E-state index in [1.165, 1.54) is 18.2 Å². The van der Waals surface area contributed by atoms with E-state index in [9.17, 15) is 14.3 Å². The van der Waals surface area contributed by atoms with Crippen LogP contribution in [-0.4, -0.2) is 17.7 Å². The molecule has 0 saturated carbocycles. The van der Waals surface area contributed by atoms with Gasteiger partial charge in [-0.1, -0.05) is 6.07 Å². The van der Waals surface area contributed by atoms with E-state index in [1.807, 2.05) is 0 Å². The fraction of sp³-hybridized carbons (Fsp3) is 0.300. The standard InChI is InChI=1S/C10H11FO3/c1-2-14-10(13)6-7-8(11)4-3-5-9(7)12/h3-5,12H,2,6H2,1H3. The van der Waals surface area contributed by atoms with Gasteiger partial charge >= 0.3 is 5.97 Å². The number of hydrogen-bond donors (Lipinski definition) is 1. The van der Waals surface area contributed by atoms with Crippen molar-refractivity contribution in [2.75, 3.05) is 6.61 Å². The smallest absolute Gasteiger partial charge is 0.310 e. The molecule has 3 nitrogen and oxygen atoms in total. The summed E-state index contributed by atoms with van der Waals surface area (Å²) in [5.74, 6) is -1.37. The zero-order chi connectivity index (χ0) is 10.6. The minimum atomic E-state index is -0.599. The second kappa shape index (κ2) is 4.60. The van der Waals surface area contributed by atoms with Crippen LogP contribution in [0, 0.1) is 5.82 Å². The van der Waals surface area contributed by atoms with Crippen LogP contribution in [0.15, 0.2) is 18.2 Å². The highest BCUT2D eigenvalue weighted by molar-refractivity contribution is 5.73. The van der Waals surface area contributed by atoms with Crippen molar-refractivity contribution in [2.45, 2.75) is 13.3 Å². The van der Waals surface area contributed by atoms with Gasteiger partial charge in [0.05, 0.1) is 13.0 Å². The molecule has 0 bridgehead atoms. The van der Waals surface area contributed by atoms with Crippen molar-refractivity contribution >= 4 is 5.97 Å². The normalized spacial score (nSPS) is 9.86. The van der Waals surface area contributed by atoms with Crippen molar-refractivity contribution in [2.24, 2.45) is 0 Å². The molecule has 0 atom stereocenters. The van der Waals surface area contributed by atoms with Crippen molar-refractivity contribution in [3.63, 3.8) is 0 Å². The SMILES string of the molecule is CCOC(=O)Cc1c(O)cccc1F. The molecule has 0 fully saturated rings. The van der Waals surface area contributed by atoms with E-state index in [0.29, 0.717) is 0 Å². The summed E-state index contributed by atoms with van der Waals surface area (Å²) >= 11 is 0. The minimum absolute atomic E-state index is 0.0223. The maximum absolute atomic E-state index is 13.1. The van der Waals surface area contributed by atoms with Crippen molar-refractivity contribution in [1.29, 1.82) is 0 Å². The second-order valence-corrected chi connectivity index (χ2v) is 2.72. The molecule has 0 spiro atoms. The lowest BCUT2D eigenvalue weighted by molar-refractivity contribution is -0.142. The molecule has 0 aliphatic heterocycles. The number of halogens is 1. The highest BCUT2D eigenvalue weighted by Gasteiger charge is 2.12. The Kier molecular flexibility index (Phi) is 3.45. The van der Waals surface area contributed by atoms with E-state index >= 15 is 0 Å². The molecule has 0 aliphatic rings. The van der Waals surface area contributed by atoms with E-state index in [-0.39, 0.29) is 24.3 Å². The number of phenolic OH excluding ortho intramolecular Hbond substituents is 1. The van der Waals surface area contributed by atoms with Gasteiger partial charge in [-0.15, -0.1) is 0 Å². The van der Waals surface area contributed by atoms with E-state index in [2.05, 4.69) is 4.74 Å². The van der Waals surface area contributed by atoms with E-state index < -0.39 is 11.8 Å². The largest absolute Gasteiger partial charge is 0.508 e. The summed E-state index contributed by atoms with van der Waals surface area (Å²) in [4.78, 5) is 11.0. The number of carbonyl (C=O) groups excluding carboxylic acids is 1. The van der Waals surface area contributed by atoms with Crippen LogP contribution in [0.4, 0.5) is 4.39 Å². The Hall–Kier alpha value is -1.58. The monoisotopic (exact) mass is 198 g/mol. The Morgan fingerprint density at radius 3 is 2.86 bits per heavy atom. The molecule has 76 valence electrons. The molecular weight excluding hydrogens is 187 g/mol. The van der Waals surface area contributed by atoms with Gasteiger partial charge in [-0.05, 0) is 19.1 Å². The Labute approximate surface area is 81.1 Å². The average Bonchev–Trinajstić information content (AvgIpc) is 2.12. The summed E-state index contributed by atoms with van der Waals surface area (Å²) in [6.45, 7) is 1.91. The van der Waals surface area contributed by atoms with Crippen molar-refractivity contribution in [3.05, 3.63) is 29.6 Å². The van der Waals surface area contributed by atoms with Crippen LogP contribution < -0.4 is 0 Å². The fourth-order valence-corrected chi connectivity index (χ4v) is 1.08. The van der Waals surface area contributed by atoms with Crippen LogP contribution in [0.2, 0.25) is 0 Å². The van der Waals surface area contributed by atoms with Gasteiger partial charge < -0.3 is 9.84 Å². The van der Waals surface area contributed by atoms with Crippen molar-refractivity contribution in [3.8, 4) is 5.75 Å². The predicted molar refractivity (Wildman–Crippen MR) is 48.4 cm³/mol. The van der Waals surface area contributed by atoms with Crippen LogP contribution in [0.25, 0.3) is 0 Å². The highest BCUT2D eigenvalue weighted by Crippen LogP contribution is 2.20. The lowest BCUT2D eigenvalue weighted by Gasteiger charge is -2.05. The number of carbonyl (C=O) groups is 1. The molecule has 1 aromatic rings. The molecule has 1 aromatic carbocycles. The fourth-order valence-electron chi connectivity index (χ4n) is 1.08. The summed E-state index contributed by atoms with van der Waals surface area (Å²) in [7, 11) is 0. The van der Waals surface area contributed by atoms with Crippen LogP contribution in [0.5, 0.6) is 5.75 Å². The first-order chi connectivity index (χ1) is 6.65. The molecule has 0 aromatic heterocycles. The maximum atomic E-state index is 13.1.